The van der Waals surface area contributed by atoms with Crippen molar-refractivity contribution in [1.29, 1.82) is 10.5 Å². The van der Waals surface area contributed by atoms with Gasteiger partial charge >= 0.3 is 6.04 Å². The molecular formula is C29H14N4O2. The molecule has 4 rings (SSSR count). The maximum atomic E-state index is 12.9. The van der Waals surface area contributed by atoms with Crippen LogP contribution >= 0.6 is 0 Å². The summed E-state index contributed by atoms with van der Waals surface area (Å²) >= 11 is 0. The molecule has 2 aromatic rings. The van der Waals surface area contributed by atoms with Gasteiger partial charge in [-0.05, 0) is 11.1 Å². The molecule has 0 saturated carbocycles. The monoisotopic (exact) mass is 450 g/mol. The minimum absolute atomic E-state index is 0.163. The van der Waals surface area contributed by atoms with Crippen molar-refractivity contribution in [3.63, 3.8) is 0 Å². The van der Waals surface area contributed by atoms with Crippen molar-refractivity contribution in [2.45, 2.75) is 6.04 Å². The van der Waals surface area contributed by atoms with Crippen LogP contribution in [0.2, 0.25) is 0 Å². The molecule has 0 bridgehead atoms. The first kappa shape index (κ1) is 22.6. The Balaban J connectivity index is 1.70. The summed E-state index contributed by atoms with van der Waals surface area (Å²) in [7, 11) is 0. The molecule has 35 heavy (non-hydrogen) atoms. The van der Waals surface area contributed by atoms with Crippen LogP contribution in [-0.4, -0.2) is 17.6 Å². The Bertz CT molecular complexity index is 1590. The number of ketones is 2. The maximum absolute atomic E-state index is 12.9. The zero-order chi connectivity index (χ0) is 24.9. The lowest BCUT2D eigenvalue weighted by Crippen LogP contribution is -2.02. The summed E-state index contributed by atoms with van der Waals surface area (Å²) < 4.78 is 0. The molecule has 0 aromatic heterocycles. The van der Waals surface area contributed by atoms with Crippen molar-refractivity contribution >= 4 is 22.7 Å². The van der Waals surface area contributed by atoms with E-state index in [-0.39, 0.29) is 28.4 Å². The van der Waals surface area contributed by atoms with Crippen molar-refractivity contribution in [3.05, 3.63) is 141 Å². The van der Waals surface area contributed by atoms with Crippen LogP contribution in [0.1, 0.15) is 31.8 Å². The smallest absolute Gasteiger partial charge is 0.292 e. The number of nitrogens with zero attached hydrogens (tertiary/aromatic N) is 4. The number of carbonyl (C=O) groups is 2. The van der Waals surface area contributed by atoms with Gasteiger partial charge in [-0.25, -0.2) is 16.7 Å². The van der Waals surface area contributed by atoms with Crippen molar-refractivity contribution in [1.82, 2.24) is 0 Å². The number of allylic oxidation sites excluding steroid dienone is 9. The van der Waals surface area contributed by atoms with Crippen LogP contribution in [0, 0.1) is 35.8 Å². The van der Waals surface area contributed by atoms with Gasteiger partial charge in [0.05, 0.1) is 18.2 Å². The number of rotatable bonds is 4. The van der Waals surface area contributed by atoms with Crippen LogP contribution in [0.4, 0.5) is 0 Å². The SMILES string of the molecule is [C-]#[N+]C(C#N)=C1C(=CC=CC=CC2=C(C(C#N)[N+]#[C-])c3ccccc3C2=O)C(=O)c2ccccc21. The average molecular weight is 450 g/mol. The number of Topliss-reactive ketones (excluding diaryl/α,β-unsaturated/α-hetero) is 2. The third kappa shape index (κ3) is 3.79. The minimum atomic E-state index is -1.10. The molecule has 2 aliphatic carbocycles. The topological polar surface area (TPSA) is 90.4 Å². The second kappa shape index (κ2) is 9.51. The molecule has 1 unspecified atom stereocenters. The highest BCUT2D eigenvalue weighted by Crippen LogP contribution is 2.39. The number of carbonyl (C=O) groups excluding carboxylic acids is 2. The largest absolute Gasteiger partial charge is 0.333 e. The standard InChI is InChI=1S/C29H14N4O2/c1-32-24(16-30)26-18-10-6-8-12-20(18)28(34)22(26)14-4-3-5-15-23-27(25(17-31)33-2)19-11-7-9-13-21(19)29(23)35/h3-15,24H. The first-order valence-corrected chi connectivity index (χ1v) is 10.4. The van der Waals surface area contributed by atoms with E-state index < -0.39 is 6.04 Å². The van der Waals surface area contributed by atoms with Crippen LogP contribution in [0.25, 0.3) is 20.8 Å². The van der Waals surface area contributed by atoms with Crippen molar-refractivity contribution in [2.75, 3.05) is 0 Å². The minimum Gasteiger partial charge on any atom is -0.292 e. The molecule has 0 N–H and O–H groups in total. The summed E-state index contributed by atoms with van der Waals surface area (Å²) in [5.41, 5.74) is 3.05. The van der Waals surface area contributed by atoms with E-state index in [1.165, 1.54) is 6.08 Å². The van der Waals surface area contributed by atoms with Crippen molar-refractivity contribution < 1.29 is 9.59 Å². The molecule has 0 spiro atoms. The van der Waals surface area contributed by atoms with E-state index in [1.807, 2.05) is 12.1 Å². The van der Waals surface area contributed by atoms with Gasteiger partial charge in [0.25, 0.3) is 5.70 Å². The first-order chi connectivity index (χ1) is 17.1. The summed E-state index contributed by atoms with van der Waals surface area (Å²) in [6.07, 6.45) is 7.85. The van der Waals surface area contributed by atoms with E-state index in [4.69, 9.17) is 13.1 Å². The van der Waals surface area contributed by atoms with E-state index in [9.17, 15) is 20.1 Å². The lowest BCUT2D eigenvalue weighted by Gasteiger charge is -2.02. The van der Waals surface area contributed by atoms with Gasteiger partial charge in [-0.1, -0.05) is 78.9 Å². The molecule has 0 radical (unpaired) electrons. The third-order valence-corrected chi connectivity index (χ3v) is 5.68. The van der Waals surface area contributed by atoms with Crippen LogP contribution in [0.3, 0.4) is 0 Å². The number of nitriles is 2. The number of fused-ring (bicyclic) bond motifs is 2. The molecular weight excluding hydrogens is 436 g/mol. The predicted octanol–water partition coefficient (Wildman–Crippen LogP) is 5.54. The highest BCUT2D eigenvalue weighted by atomic mass is 16.1. The Kier molecular flexibility index (Phi) is 6.15. The second-order valence-electron chi connectivity index (χ2n) is 7.51. The van der Waals surface area contributed by atoms with Crippen LogP contribution in [0.15, 0.2) is 95.8 Å². The molecule has 1 atom stereocenters. The molecule has 0 saturated heterocycles. The van der Waals surface area contributed by atoms with E-state index in [0.717, 1.165) is 0 Å². The van der Waals surface area contributed by atoms with Gasteiger partial charge in [0.2, 0.25) is 0 Å². The highest BCUT2D eigenvalue weighted by molar-refractivity contribution is 6.27. The summed E-state index contributed by atoms with van der Waals surface area (Å²) in [5, 5.41) is 18.8. The predicted molar refractivity (Wildman–Crippen MR) is 130 cm³/mol. The Morgan fingerprint density at radius 2 is 1.49 bits per heavy atom. The molecule has 6 nitrogen and oxygen atoms in total. The van der Waals surface area contributed by atoms with Crippen LogP contribution < -0.4 is 0 Å². The van der Waals surface area contributed by atoms with Crippen LogP contribution in [-0.2, 0) is 0 Å². The summed E-state index contributed by atoms with van der Waals surface area (Å²) in [6.45, 7) is 14.7. The van der Waals surface area contributed by atoms with Gasteiger partial charge in [0.15, 0.2) is 17.6 Å². The molecule has 0 heterocycles. The van der Waals surface area contributed by atoms with Gasteiger partial charge in [-0.2, -0.15) is 5.26 Å². The lowest BCUT2D eigenvalue weighted by molar-refractivity contribution is 0.103. The van der Waals surface area contributed by atoms with E-state index >= 15 is 0 Å². The number of hydrogen-bond acceptors (Lipinski definition) is 4. The highest BCUT2D eigenvalue weighted by Gasteiger charge is 2.35. The fourth-order valence-corrected chi connectivity index (χ4v) is 4.17. The summed E-state index contributed by atoms with van der Waals surface area (Å²) in [6, 6.07) is 16.4. The Morgan fingerprint density at radius 1 is 0.857 bits per heavy atom. The van der Waals surface area contributed by atoms with Gasteiger partial charge in [-0.15, -0.1) is 0 Å². The van der Waals surface area contributed by atoms with Gasteiger partial charge < -0.3 is 0 Å². The fourth-order valence-electron chi connectivity index (χ4n) is 4.17. The molecule has 0 amide bonds. The van der Waals surface area contributed by atoms with Gasteiger partial charge in [-0.3, -0.25) is 14.4 Å². The number of benzene rings is 2. The first-order valence-electron chi connectivity index (χ1n) is 10.4. The third-order valence-electron chi connectivity index (χ3n) is 5.68. The normalized spacial score (nSPS) is 17.7. The van der Waals surface area contributed by atoms with Crippen molar-refractivity contribution in [2.24, 2.45) is 0 Å². The Hall–Kier alpha value is -5.56. The zero-order valence-electron chi connectivity index (χ0n) is 18.2. The Labute approximate surface area is 202 Å². The fraction of sp³-hybridized carbons (Fsp3) is 0.0345. The molecule has 6 heteroatoms. The molecule has 0 aliphatic heterocycles. The quantitative estimate of drug-likeness (QED) is 0.265. The Morgan fingerprint density at radius 3 is 2.09 bits per heavy atom. The number of hydrogen-bond donors (Lipinski definition) is 0. The molecule has 162 valence electrons. The lowest BCUT2D eigenvalue weighted by atomic mass is 9.99. The maximum Gasteiger partial charge on any atom is 0.333 e. The summed E-state index contributed by atoms with van der Waals surface area (Å²) in [5.74, 6) is -0.536. The van der Waals surface area contributed by atoms with Crippen LogP contribution in [0.5, 0.6) is 0 Å². The molecule has 2 aliphatic rings. The van der Waals surface area contributed by atoms with E-state index in [2.05, 4.69) is 9.69 Å². The van der Waals surface area contributed by atoms with E-state index in [0.29, 0.717) is 33.4 Å². The average Bonchev–Trinajstić information content (AvgIpc) is 3.33. The van der Waals surface area contributed by atoms with Crippen molar-refractivity contribution in [3.8, 4) is 12.1 Å². The molecule has 0 fully saturated rings. The second-order valence-corrected chi connectivity index (χ2v) is 7.51. The van der Waals surface area contributed by atoms with Gasteiger partial charge in [0, 0.05) is 27.8 Å². The van der Waals surface area contributed by atoms with E-state index in [1.54, 1.807) is 72.8 Å². The van der Waals surface area contributed by atoms with Gasteiger partial charge in [0.1, 0.15) is 0 Å². The zero-order valence-corrected chi connectivity index (χ0v) is 18.2. The summed E-state index contributed by atoms with van der Waals surface area (Å²) in [4.78, 5) is 32.4. The molecule has 2 aromatic carbocycles.